The number of aryl methyl sites for hydroxylation is 4. The SMILES string of the molecule is Cc1cc(Oc2cccc(-c3c(C)nnn3C3CCN(C(=O)OC(C)(C)C)CC3)n2)cc(C(F)(F)F)c1.Cc1cc(Oc2cccc(-c3c(C)nnn3C3CCNCC3)n2)cc(C(F)(F)F)c1. The molecule has 0 aliphatic carbocycles. The number of hydrogen-bond donors (Lipinski definition) is 1. The number of nitrogens with zero attached hydrogens (tertiary/aromatic N) is 9. The summed E-state index contributed by atoms with van der Waals surface area (Å²) >= 11 is 0. The Hall–Kier alpha value is -6.57. The van der Waals surface area contributed by atoms with Crippen LogP contribution in [0.25, 0.3) is 22.8 Å². The predicted molar refractivity (Wildman–Crippen MR) is 236 cm³/mol. The summed E-state index contributed by atoms with van der Waals surface area (Å²) < 4.78 is 99.6. The Morgan fingerprint density at radius 3 is 1.48 bits per heavy atom. The second-order valence-corrected chi connectivity index (χ2v) is 17.6. The fourth-order valence-corrected chi connectivity index (χ4v) is 7.92. The monoisotopic (exact) mass is 934 g/mol. The van der Waals surface area contributed by atoms with Crippen molar-refractivity contribution in [1.29, 1.82) is 0 Å². The number of benzene rings is 2. The first kappa shape index (κ1) is 48.4. The summed E-state index contributed by atoms with van der Waals surface area (Å²) in [6, 6.07) is 17.7. The smallest absolute Gasteiger partial charge is 0.416 e. The fourth-order valence-electron chi connectivity index (χ4n) is 7.92. The summed E-state index contributed by atoms with van der Waals surface area (Å²) in [6.45, 7) is 15.2. The molecule has 2 saturated heterocycles. The lowest BCUT2D eigenvalue weighted by molar-refractivity contribution is -0.138. The number of halogens is 6. The molecule has 6 aromatic rings. The number of nitrogens with one attached hydrogen (secondary N) is 1. The van der Waals surface area contributed by atoms with E-state index in [-0.39, 0.29) is 41.4 Å². The van der Waals surface area contributed by atoms with Gasteiger partial charge in [-0.2, -0.15) is 26.3 Å². The van der Waals surface area contributed by atoms with Gasteiger partial charge in [-0.15, -0.1) is 10.2 Å². The van der Waals surface area contributed by atoms with E-state index in [0.717, 1.165) is 61.6 Å². The molecule has 14 nitrogen and oxygen atoms in total. The van der Waals surface area contributed by atoms with E-state index in [9.17, 15) is 31.1 Å². The molecule has 0 atom stereocenters. The van der Waals surface area contributed by atoms with Gasteiger partial charge in [-0.25, -0.2) is 24.1 Å². The quantitative estimate of drug-likeness (QED) is 0.145. The number of aromatic nitrogens is 8. The zero-order valence-electron chi connectivity index (χ0n) is 38.2. The minimum absolute atomic E-state index is 0.00706. The highest BCUT2D eigenvalue weighted by atomic mass is 19.4. The van der Waals surface area contributed by atoms with Crippen LogP contribution in [0, 0.1) is 27.7 Å². The molecular weight excluding hydrogens is 883 g/mol. The van der Waals surface area contributed by atoms with Gasteiger partial charge in [0, 0.05) is 25.2 Å². The van der Waals surface area contributed by atoms with Crippen LogP contribution in [0.3, 0.4) is 0 Å². The summed E-state index contributed by atoms with van der Waals surface area (Å²) in [4.78, 5) is 23.2. The van der Waals surface area contributed by atoms with E-state index in [0.29, 0.717) is 59.8 Å². The zero-order valence-corrected chi connectivity index (χ0v) is 38.2. The van der Waals surface area contributed by atoms with Crippen molar-refractivity contribution in [1.82, 2.24) is 50.2 Å². The molecule has 67 heavy (non-hydrogen) atoms. The van der Waals surface area contributed by atoms with Crippen LogP contribution in [0.5, 0.6) is 23.3 Å². The molecule has 4 aromatic heterocycles. The van der Waals surface area contributed by atoms with Crippen LogP contribution in [-0.2, 0) is 17.1 Å². The highest BCUT2D eigenvalue weighted by Gasteiger charge is 2.33. The van der Waals surface area contributed by atoms with Crippen LogP contribution in [0.4, 0.5) is 31.1 Å². The predicted octanol–water partition coefficient (Wildman–Crippen LogP) is 11.0. The van der Waals surface area contributed by atoms with Gasteiger partial charge in [-0.1, -0.05) is 22.6 Å². The Morgan fingerprint density at radius 2 is 1.06 bits per heavy atom. The molecule has 1 N–H and O–H groups in total. The van der Waals surface area contributed by atoms with E-state index in [1.165, 1.54) is 6.07 Å². The van der Waals surface area contributed by atoms with Crippen LogP contribution >= 0.6 is 0 Å². The van der Waals surface area contributed by atoms with E-state index in [1.54, 1.807) is 55.1 Å². The number of piperidine rings is 2. The molecule has 0 saturated carbocycles. The van der Waals surface area contributed by atoms with Crippen LogP contribution in [0.1, 0.15) is 92.2 Å². The number of carbonyl (C=O) groups excluding carboxylic acids is 1. The summed E-state index contributed by atoms with van der Waals surface area (Å²) in [5.41, 5.74) is 2.85. The van der Waals surface area contributed by atoms with Gasteiger partial charge in [0.1, 0.15) is 28.5 Å². The van der Waals surface area contributed by atoms with Crippen LogP contribution in [0.15, 0.2) is 72.8 Å². The average Bonchev–Trinajstić information content (AvgIpc) is 3.85. The molecule has 2 aliphatic heterocycles. The Kier molecular flexibility index (Phi) is 14.2. The molecule has 2 fully saturated rings. The first-order chi connectivity index (χ1) is 31.6. The maximum absolute atomic E-state index is 13.2. The van der Waals surface area contributed by atoms with Crippen molar-refractivity contribution in [3.8, 4) is 46.0 Å². The number of carbonyl (C=O) groups is 1. The summed E-state index contributed by atoms with van der Waals surface area (Å²) in [5, 5.41) is 20.4. The van der Waals surface area contributed by atoms with E-state index < -0.39 is 29.1 Å². The minimum Gasteiger partial charge on any atom is -0.444 e. The normalized spacial score (nSPS) is 15.2. The lowest BCUT2D eigenvalue weighted by Crippen LogP contribution is -2.42. The standard InChI is InChI=1S/C26H30F3N5O3.C21H22F3N5O/c1-16-13-18(26(27,28)29)15-20(14-16)36-22-8-6-7-21(30-22)23-17(2)31-32-34(23)19-9-11-33(12-10-19)24(35)37-25(3,4)5;1-13-10-15(21(22,23)24)12-17(11-13)30-19-5-3-4-18(26-19)20-14(2)27-28-29(20)16-6-8-25-9-7-16/h6-8,13-15,19H,9-12H2,1-5H3;3-5,10-12,16,25H,6-9H2,1-2H3. The second-order valence-electron chi connectivity index (χ2n) is 17.6. The maximum Gasteiger partial charge on any atom is 0.416 e. The zero-order chi connectivity index (χ0) is 48.3. The van der Waals surface area contributed by atoms with Crippen molar-refractivity contribution < 1.29 is 45.3 Å². The van der Waals surface area contributed by atoms with Gasteiger partial charge in [0.25, 0.3) is 0 Å². The molecule has 2 aromatic carbocycles. The van der Waals surface area contributed by atoms with E-state index in [2.05, 4.69) is 35.9 Å². The van der Waals surface area contributed by atoms with E-state index >= 15 is 0 Å². The number of pyridine rings is 2. The molecule has 356 valence electrons. The van der Waals surface area contributed by atoms with E-state index in [1.807, 2.05) is 50.0 Å². The van der Waals surface area contributed by atoms with Crippen molar-refractivity contribution in [2.24, 2.45) is 0 Å². The molecule has 0 spiro atoms. The molecular formula is C47H52F6N10O4. The van der Waals surface area contributed by atoms with Crippen molar-refractivity contribution >= 4 is 6.09 Å². The van der Waals surface area contributed by atoms with Gasteiger partial charge in [-0.3, -0.25) is 0 Å². The molecule has 2 aliphatic rings. The molecule has 0 unspecified atom stereocenters. The van der Waals surface area contributed by atoms with Gasteiger partial charge in [-0.05, 0) is 147 Å². The average molecular weight is 935 g/mol. The number of amides is 1. The molecule has 0 radical (unpaired) electrons. The van der Waals surface area contributed by atoms with Gasteiger partial charge in [0.15, 0.2) is 0 Å². The Morgan fingerprint density at radius 1 is 0.627 bits per heavy atom. The molecule has 0 bridgehead atoms. The lowest BCUT2D eigenvalue weighted by atomic mass is 10.0. The van der Waals surface area contributed by atoms with Gasteiger partial charge in [0.05, 0.1) is 46.0 Å². The van der Waals surface area contributed by atoms with Crippen molar-refractivity contribution in [3.63, 3.8) is 0 Å². The van der Waals surface area contributed by atoms with Crippen molar-refractivity contribution in [3.05, 3.63) is 106 Å². The number of hydrogen-bond acceptors (Lipinski definition) is 11. The number of likely N-dealkylation sites (tertiary alicyclic amines) is 1. The third-order valence-corrected chi connectivity index (χ3v) is 11.0. The summed E-state index contributed by atoms with van der Waals surface area (Å²) in [6.07, 6.45) is -6.05. The van der Waals surface area contributed by atoms with E-state index in [4.69, 9.17) is 14.2 Å². The Balaban J connectivity index is 0.000000203. The molecule has 6 heterocycles. The number of ether oxygens (including phenoxy) is 3. The number of alkyl halides is 6. The van der Waals surface area contributed by atoms with Crippen molar-refractivity contribution in [2.75, 3.05) is 26.2 Å². The summed E-state index contributed by atoms with van der Waals surface area (Å²) in [5.74, 6) is 0.510. The largest absolute Gasteiger partial charge is 0.444 e. The first-order valence-electron chi connectivity index (χ1n) is 21.8. The van der Waals surface area contributed by atoms with Crippen LogP contribution in [0.2, 0.25) is 0 Å². The third kappa shape index (κ3) is 12.3. The highest BCUT2D eigenvalue weighted by Crippen LogP contribution is 2.37. The number of rotatable bonds is 8. The molecule has 1 amide bonds. The summed E-state index contributed by atoms with van der Waals surface area (Å²) in [7, 11) is 0. The topological polar surface area (TPSA) is 147 Å². The third-order valence-electron chi connectivity index (χ3n) is 11.0. The fraction of sp³-hybridized carbons (Fsp3) is 0.426. The maximum atomic E-state index is 13.2. The second kappa shape index (κ2) is 19.7. The van der Waals surface area contributed by atoms with Gasteiger partial charge < -0.3 is 24.4 Å². The van der Waals surface area contributed by atoms with Gasteiger partial charge >= 0.3 is 18.4 Å². The Bertz CT molecular complexity index is 2680. The first-order valence-corrected chi connectivity index (χ1v) is 21.8. The van der Waals surface area contributed by atoms with Crippen molar-refractivity contribution in [2.45, 2.75) is 104 Å². The minimum atomic E-state index is -4.48. The molecule has 20 heteroatoms. The highest BCUT2D eigenvalue weighted by molar-refractivity contribution is 5.68. The Labute approximate surface area is 383 Å². The van der Waals surface area contributed by atoms with Crippen LogP contribution in [-0.4, -0.2) is 82.7 Å². The van der Waals surface area contributed by atoms with Crippen LogP contribution < -0.4 is 14.8 Å². The lowest BCUT2D eigenvalue weighted by Gasteiger charge is -2.33. The van der Waals surface area contributed by atoms with Gasteiger partial charge in [0.2, 0.25) is 11.8 Å². The molecule has 8 rings (SSSR count).